The van der Waals surface area contributed by atoms with Gasteiger partial charge in [0, 0.05) is 43.3 Å². The number of carbonyl (C=O) groups excluding carboxylic acids is 1. The Bertz CT molecular complexity index is 992. The van der Waals surface area contributed by atoms with Crippen LogP contribution in [0.4, 0.5) is 14.6 Å². The van der Waals surface area contributed by atoms with E-state index in [2.05, 4.69) is 4.98 Å². The van der Waals surface area contributed by atoms with Gasteiger partial charge in [-0.3, -0.25) is 4.79 Å². The van der Waals surface area contributed by atoms with E-state index in [0.717, 1.165) is 21.9 Å². The van der Waals surface area contributed by atoms with Crippen LogP contribution in [0.1, 0.15) is 23.2 Å². The predicted octanol–water partition coefficient (Wildman–Crippen LogP) is 4.36. The molecule has 1 aromatic heterocycles. The van der Waals surface area contributed by atoms with E-state index >= 15 is 0 Å². The van der Waals surface area contributed by atoms with Crippen LogP contribution in [0.25, 0.3) is 21.9 Å². The van der Waals surface area contributed by atoms with Gasteiger partial charge in [0.05, 0.1) is 0 Å². The number of nitrogens with zero attached hydrogens (tertiary/aromatic N) is 2. The number of rotatable bonds is 2. The van der Waals surface area contributed by atoms with Crippen LogP contribution in [0.15, 0.2) is 54.7 Å². The number of piperidine rings is 1. The van der Waals surface area contributed by atoms with E-state index in [4.69, 9.17) is 5.73 Å². The summed E-state index contributed by atoms with van der Waals surface area (Å²) in [5.74, 6) is -2.44. The Morgan fingerprint density at radius 3 is 2.41 bits per heavy atom. The SMILES string of the molecule is Nc1ccc(-c2cccc3c(C(=O)N4CCC(F)(F)CC4)cccc23)cn1. The van der Waals surface area contributed by atoms with Gasteiger partial charge in [-0.15, -0.1) is 0 Å². The summed E-state index contributed by atoms with van der Waals surface area (Å²) in [4.78, 5) is 18.6. The average molecular weight is 367 g/mol. The summed E-state index contributed by atoms with van der Waals surface area (Å²) < 4.78 is 26.8. The number of hydrogen-bond donors (Lipinski definition) is 1. The Morgan fingerprint density at radius 1 is 1.00 bits per heavy atom. The first kappa shape index (κ1) is 17.4. The third-order valence-electron chi connectivity index (χ3n) is 5.03. The van der Waals surface area contributed by atoms with Crippen LogP contribution in [-0.2, 0) is 0 Å². The zero-order valence-electron chi connectivity index (χ0n) is 14.7. The zero-order valence-corrected chi connectivity index (χ0v) is 14.7. The molecule has 4 rings (SSSR count). The maximum absolute atomic E-state index is 13.4. The molecule has 0 atom stereocenters. The van der Waals surface area contributed by atoms with E-state index in [1.807, 2.05) is 36.4 Å². The van der Waals surface area contributed by atoms with E-state index in [1.165, 1.54) is 4.90 Å². The highest BCUT2D eigenvalue weighted by Gasteiger charge is 2.36. The third kappa shape index (κ3) is 3.35. The first-order valence-corrected chi connectivity index (χ1v) is 8.85. The van der Waals surface area contributed by atoms with Crippen LogP contribution >= 0.6 is 0 Å². The standard InChI is InChI=1S/C21H19F2N3O/c22-21(23)9-11-26(12-10-21)20(27)18-6-2-4-16-15(3-1-5-17(16)18)14-7-8-19(24)25-13-14/h1-8,13H,9-12H2,(H2,24,25). The lowest BCUT2D eigenvalue weighted by molar-refractivity contribution is -0.0493. The molecule has 3 aromatic rings. The summed E-state index contributed by atoms with van der Waals surface area (Å²) >= 11 is 0. The summed E-state index contributed by atoms with van der Waals surface area (Å²) in [6.07, 6.45) is 1.13. The lowest BCUT2D eigenvalue weighted by Crippen LogP contribution is -2.42. The molecule has 0 spiro atoms. The van der Waals surface area contributed by atoms with Gasteiger partial charge in [0.2, 0.25) is 0 Å². The number of anilines is 1. The molecule has 1 amide bonds. The van der Waals surface area contributed by atoms with E-state index < -0.39 is 5.92 Å². The molecular formula is C21H19F2N3O. The van der Waals surface area contributed by atoms with Gasteiger partial charge in [-0.1, -0.05) is 30.3 Å². The van der Waals surface area contributed by atoms with Crippen molar-refractivity contribution in [2.45, 2.75) is 18.8 Å². The predicted molar refractivity (Wildman–Crippen MR) is 102 cm³/mol. The van der Waals surface area contributed by atoms with Gasteiger partial charge in [0.1, 0.15) is 5.82 Å². The Balaban J connectivity index is 1.74. The topological polar surface area (TPSA) is 59.2 Å². The second kappa shape index (κ2) is 6.61. The summed E-state index contributed by atoms with van der Waals surface area (Å²) in [6.45, 7) is 0.146. The van der Waals surface area contributed by atoms with Crippen molar-refractivity contribution in [2.75, 3.05) is 18.8 Å². The quantitative estimate of drug-likeness (QED) is 0.732. The number of halogens is 2. The lowest BCUT2D eigenvalue weighted by Gasteiger charge is -2.32. The Morgan fingerprint density at radius 2 is 1.70 bits per heavy atom. The molecule has 1 aliphatic heterocycles. The van der Waals surface area contributed by atoms with Crippen molar-refractivity contribution >= 4 is 22.5 Å². The normalized spacial score (nSPS) is 16.4. The van der Waals surface area contributed by atoms with Crippen LogP contribution in [-0.4, -0.2) is 34.8 Å². The molecule has 27 heavy (non-hydrogen) atoms. The molecule has 2 heterocycles. The third-order valence-corrected chi connectivity index (χ3v) is 5.03. The minimum absolute atomic E-state index is 0.0732. The summed E-state index contributed by atoms with van der Waals surface area (Å²) in [5.41, 5.74) is 8.04. The molecular weight excluding hydrogens is 348 g/mol. The van der Waals surface area contributed by atoms with E-state index in [1.54, 1.807) is 18.3 Å². The molecule has 0 bridgehead atoms. The number of likely N-dealkylation sites (tertiary alicyclic amines) is 1. The molecule has 6 heteroatoms. The number of fused-ring (bicyclic) bond motifs is 1. The number of amides is 1. The molecule has 1 aliphatic rings. The zero-order chi connectivity index (χ0) is 19.0. The van der Waals surface area contributed by atoms with Crippen LogP contribution < -0.4 is 5.73 Å². The largest absolute Gasteiger partial charge is 0.384 e. The van der Waals surface area contributed by atoms with Crippen molar-refractivity contribution < 1.29 is 13.6 Å². The number of alkyl halides is 2. The van der Waals surface area contributed by atoms with Crippen molar-refractivity contribution in [1.82, 2.24) is 9.88 Å². The van der Waals surface area contributed by atoms with E-state index in [-0.39, 0.29) is 31.8 Å². The fourth-order valence-electron chi connectivity index (χ4n) is 3.52. The summed E-state index contributed by atoms with van der Waals surface area (Å²) in [7, 11) is 0. The molecule has 138 valence electrons. The number of aromatic nitrogens is 1. The number of carbonyl (C=O) groups is 1. The maximum Gasteiger partial charge on any atom is 0.254 e. The van der Waals surface area contributed by atoms with Crippen molar-refractivity contribution in [3.63, 3.8) is 0 Å². The Labute approximate surface area is 155 Å². The first-order chi connectivity index (χ1) is 12.9. The molecule has 0 aliphatic carbocycles. The number of nitrogen functional groups attached to an aromatic ring is 1. The number of benzene rings is 2. The average Bonchev–Trinajstić information content (AvgIpc) is 2.67. The molecule has 0 unspecified atom stereocenters. The number of hydrogen-bond acceptors (Lipinski definition) is 3. The first-order valence-electron chi connectivity index (χ1n) is 8.85. The van der Waals surface area contributed by atoms with Crippen LogP contribution in [0.2, 0.25) is 0 Å². The van der Waals surface area contributed by atoms with Gasteiger partial charge < -0.3 is 10.6 Å². The van der Waals surface area contributed by atoms with Gasteiger partial charge >= 0.3 is 0 Å². The Kier molecular flexibility index (Phi) is 4.26. The van der Waals surface area contributed by atoms with Gasteiger partial charge in [0.25, 0.3) is 11.8 Å². The molecule has 2 N–H and O–H groups in total. The molecule has 0 saturated carbocycles. The molecule has 1 saturated heterocycles. The smallest absolute Gasteiger partial charge is 0.254 e. The van der Waals surface area contributed by atoms with Gasteiger partial charge in [-0.25, -0.2) is 13.8 Å². The van der Waals surface area contributed by atoms with Crippen LogP contribution in [0.5, 0.6) is 0 Å². The van der Waals surface area contributed by atoms with Crippen LogP contribution in [0.3, 0.4) is 0 Å². The maximum atomic E-state index is 13.4. The van der Waals surface area contributed by atoms with Gasteiger partial charge in [-0.05, 0) is 34.5 Å². The molecule has 1 fully saturated rings. The minimum atomic E-state index is -2.68. The summed E-state index contributed by atoms with van der Waals surface area (Å²) in [6, 6.07) is 14.9. The number of nitrogens with two attached hydrogens (primary N) is 1. The van der Waals surface area contributed by atoms with Gasteiger partial charge in [0.15, 0.2) is 0 Å². The minimum Gasteiger partial charge on any atom is -0.384 e. The van der Waals surface area contributed by atoms with E-state index in [0.29, 0.717) is 11.4 Å². The number of pyridine rings is 1. The summed E-state index contributed by atoms with van der Waals surface area (Å²) in [5, 5.41) is 1.71. The fraction of sp³-hybridized carbons (Fsp3) is 0.238. The van der Waals surface area contributed by atoms with Gasteiger partial charge in [-0.2, -0.15) is 0 Å². The van der Waals surface area contributed by atoms with E-state index in [9.17, 15) is 13.6 Å². The van der Waals surface area contributed by atoms with Crippen molar-refractivity contribution in [2.24, 2.45) is 0 Å². The molecule has 0 radical (unpaired) electrons. The highest BCUT2D eigenvalue weighted by atomic mass is 19.3. The van der Waals surface area contributed by atoms with Crippen molar-refractivity contribution in [3.8, 4) is 11.1 Å². The fourth-order valence-corrected chi connectivity index (χ4v) is 3.52. The second-order valence-corrected chi connectivity index (χ2v) is 6.83. The van der Waals surface area contributed by atoms with Crippen molar-refractivity contribution in [3.05, 3.63) is 60.3 Å². The molecule has 2 aromatic carbocycles. The highest BCUT2D eigenvalue weighted by molar-refractivity contribution is 6.10. The van der Waals surface area contributed by atoms with Crippen molar-refractivity contribution in [1.29, 1.82) is 0 Å². The molecule has 4 nitrogen and oxygen atoms in total. The monoisotopic (exact) mass is 367 g/mol. The second-order valence-electron chi connectivity index (χ2n) is 6.83. The highest BCUT2D eigenvalue weighted by Crippen LogP contribution is 2.32. The van der Waals surface area contributed by atoms with Crippen LogP contribution in [0, 0.1) is 0 Å². The Hall–Kier alpha value is -3.02. The lowest BCUT2D eigenvalue weighted by atomic mass is 9.95.